The Bertz CT molecular complexity index is 742. The van der Waals surface area contributed by atoms with Gasteiger partial charge in [-0.2, -0.15) is 0 Å². The second-order valence-electron chi connectivity index (χ2n) is 7.76. The highest BCUT2D eigenvalue weighted by Gasteiger charge is 2.36. The molecule has 1 N–H and O–H groups in total. The fourth-order valence-electron chi connectivity index (χ4n) is 3.03. The summed E-state index contributed by atoms with van der Waals surface area (Å²) in [5.74, 6) is -0.963. The van der Waals surface area contributed by atoms with Crippen LogP contribution in [0.3, 0.4) is 0 Å². The van der Waals surface area contributed by atoms with Gasteiger partial charge in [0.05, 0.1) is 6.54 Å². The average molecular weight is 395 g/mol. The predicted molar refractivity (Wildman–Crippen MR) is 106 cm³/mol. The minimum absolute atomic E-state index is 0.0851. The van der Waals surface area contributed by atoms with E-state index >= 15 is 0 Å². The number of amides is 1. The number of hydrogen-bond donors (Lipinski definition) is 1. The molecular weight excluding hydrogens is 368 g/mol. The van der Waals surface area contributed by atoms with Crippen LogP contribution in [0.25, 0.3) is 6.08 Å². The van der Waals surface area contributed by atoms with Gasteiger partial charge in [0.25, 0.3) is 0 Å². The van der Waals surface area contributed by atoms with Crippen molar-refractivity contribution >= 4 is 29.7 Å². The number of halogens is 1. The van der Waals surface area contributed by atoms with Crippen molar-refractivity contribution in [1.29, 1.82) is 0 Å². The summed E-state index contributed by atoms with van der Waals surface area (Å²) in [5.41, 5.74) is 2.21. The van der Waals surface area contributed by atoms with E-state index in [-0.39, 0.29) is 6.54 Å². The van der Waals surface area contributed by atoms with Gasteiger partial charge < -0.3 is 14.7 Å². The quantitative estimate of drug-likeness (QED) is 0.841. The van der Waals surface area contributed by atoms with Crippen LogP contribution in [0.15, 0.2) is 18.7 Å². The Morgan fingerprint density at radius 3 is 2.59 bits per heavy atom. The highest BCUT2D eigenvalue weighted by molar-refractivity contribution is 6.32. The zero-order valence-corrected chi connectivity index (χ0v) is 17.0. The van der Waals surface area contributed by atoms with Crippen molar-refractivity contribution < 1.29 is 19.4 Å². The molecule has 0 unspecified atom stereocenters. The predicted octanol–water partition coefficient (Wildman–Crippen LogP) is 3.80. The summed E-state index contributed by atoms with van der Waals surface area (Å²) in [5, 5.41) is 10.3. The van der Waals surface area contributed by atoms with Gasteiger partial charge in [0.1, 0.15) is 11.6 Å². The van der Waals surface area contributed by atoms with Gasteiger partial charge in [0, 0.05) is 24.7 Å². The van der Waals surface area contributed by atoms with Gasteiger partial charge >= 0.3 is 12.1 Å². The molecule has 0 radical (unpaired) electrons. The molecule has 0 saturated carbocycles. The maximum Gasteiger partial charge on any atom is 0.410 e. The van der Waals surface area contributed by atoms with Crippen LogP contribution in [0.5, 0.6) is 0 Å². The molecule has 0 aromatic heterocycles. The van der Waals surface area contributed by atoms with Crippen molar-refractivity contribution in [3.63, 3.8) is 0 Å². The van der Waals surface area contributed by atoms with E-state index < -0.39 is 23.7 Å². The lowest BCUT2D eigenvalue weighted by Crippen LogP contribution is -2.57. The molecule has 1 saturated heterocycles. The van der Waals surface area contributed by atoms with Gasteiger partial charge in [0.2, 0.25) is 0 Å². The number of ether oxygens (including phenoxy) is 1. The zero-order chi connectivity index (χ0) is 20.4. The van der Waals surface area contributed by atoms with Crippen molar-refractivity contribution in [1.82, 2.24) is 9.80 Å². The van der Waals surface area contributed by atoms with Crippen molar-refractivity contribution in [2.75, 3.05) is 19.6 Å². The van der Waals surface area contributed by atoms with E-state index in [2.05, 4.69) is 6.58 Å². The second kappa shape index (κ2) is 8.31. The third kappa shape index (κ3) is 5.47. The highest BCUT2D eigenvalue weighted by atomic mass is 35.5. The number of rotatable bonds is 4. The molecule has 1 amide bonds. The topological polar surface area (TPSA) is 70.1 Å². The highest BCUT2D eigenvalue weighted by Crippen LogP contribution is 2.25. The lowest BCUT2D eigenvalue weighted by molar-refractivity contribution is -0.145. The summed E-state index contributed by atoms with van der Waals surface area (Å²) in [6.45, 7) is 12.5. The van der Waals surface area contributed by atoms with E-state index in [0.29, 0.717) is 24.7 Å². The molecule has 1 aliphatic heterocycles. The fourth-order valence-corrected chi connectivity index (χ4v) is 3.29. The molecule has 1 aliphatic rings. The largest absolute Gasteiger partial charge is 0.480 e. The number of carbonyl (C=O) groups excluding carboxylic acids is 1. The van der Waals surface area contributed by atoms with Crippen molar-refractivity contribution in [2.45, 2.75) is 45.9 Å². The van der Waals surface area contributed by atoms with E-state index in [0.717, 1.165) is 16.7 Å². The first-order valence-electron chi connectivity index (χ1n) is 8.88. The fraction of sp³-hybridized carbons (Fsp3) is 0.500. The van der Waals surface area contributed by atoms with Crippen molar-refractivity contribution in [3.8, 4) is 0 Å². The van der Waals surface area contributed by atoms with Gasteiger partial charge in [-0.05, 0) is 50.5 Å². The molecule has 0 bridgehead atoms. The van der Waals surface area contributed by atoms with Crippen molar-refractivity contribution in [2.24, 2.45) is 0 Å². The van der Waals surface area contributed by atoms with E-state index in [4.69, 9.17) is 16.3 Å². The molecule has 6 nitrogen and oxygen atoms in total. The molecule has 1 heterocycles. The van der Waals surface area contributed by atoms with Gasteiger partial charge in [-0.15, -0.1) is 0 Å². The summed E-state index contributed by atoms with van der Waals surface area (Å²) in [7, 11) is 0. The van der Waals surface area contributed by atoms with Gasteiger partial charge in [-0.3, -0.25) is 9.69 Å². The number of benzene rings is 1. The number of piperazine rings is 1. The molecule has 0 spiro atoms. The van der Waals surface area contributed by atoms with Crippen LogP contribution in [0.1, 0.15) is 37.5 Å². The third-order valence-electron chi connectivity index (χ3n) is 4.48. The van der Waals surface area contributed by atoms with Crippen LogP contribution >= 0.6 is 11.6 Å². The van der Waals surface area contributed by atoms with Crippen LogP contribution in [0.2, 0.25) is 5.02 Å². The molecule has 148 valence electrons. The number of carbonyl (C=O) groups is 2. The minimum atomic E-state index is -0.963. The molecule has 2 rings (SSSR count). The van der Waals surface area contributed by atoms with E-state index in [1.165, 1.54) is 4.90 Å². The van der Waals surface area contributed by atoms with Crippen LogP contribution in [-0.4, -0.2) is 58.2 Å². The Balaban J connectivity index is 2.15. The Kier molecular flexibility index (Phi) is 6.54. The van der Waals surface area contributed by atoms with Gasteiger partial charge in [-0.25, -0.2) is 4.79 Å². The molecule has 1 fully saturated rings. The zero-order valence-electron chi connectivity index (χ0n) is 16.3. The first kappa shape index (κ1) is 21.3. The monoisotopic (exact) mass is 394 g/mol. The van der Waals surface area contributed by atoms with E-state index in [1.807, 2.05) is 24.0 Å². The summed E-state index contributed by atoms with van der Waals surface area (Å²) in [6.07, 6.45) is 1.21. The number of aryl methyl sites for hydroxylation is 1. The van der Waals surface area contributed by atoms with Crippen molar-refractivity contribution in [3.05, 3.63) is 40.4 Å². The standard InChI is InChI=1S/C20H27ClN2O4/c1-6-14-9-13(2)15(10-16(14)21)11-22-7-8-23(12-17(22)18(24)25)19(26)27-20(3,4)5/h6,9-10,17H,1,7-8,11-12H2,2-5H3,(H,24,25)/t17-/m0/s1. The van der Waals surface area contributed by atoms with Crippen LogP contribution < -0.4 is 0 Å². The maximum absolute atomic E-state index is 12.3. The lowest BCUT2D eigenvalue weighted by Gasteiger charge is -2.39. The first-order chi connectivity index (χ1) is 12.5. The van der Waals surface area contributed by atoms with Gasteiger partial charge in [-0.1, -0.05) is 30.3 Å². The number of carboxylic acid groups (broad SMARTS) is 1. The molecule has 1 aromatic rings. The van der Waals surface area contributed by atoms with Crippen LogP contribution in [0, 0.1) is 6.92 Å². The first-order valence-corrected chi connectivity index (χ1v) is 9.26. The SMILES string of the molecule is C=Cc1cc(C)c(CN2CCN(C(=O)OC(C)(C)C)C[C@H]2C(=O)O)cc1Cl. The minimum Gasteiger partial charge on any atom is -0.480 e. The average Bonchev–Trinajstić information content (AvgIpc) is 2.56. The van der Waals surface area contributed by atoms with Crippen LogP contribution in [-0.2, 0) is 16.1 Å². The molecule has 1 atom stereocenters. The number of aliphatic carboxylic acids is 1. The smallest absolute Gasteiger partial charge is 0.410 e. The Morgan fingerprint density at radius 2 is 2.04 bits per heavy atom. The van der Waals surface area contributed by atoms with Crippen LogP contribution in [0.4, 0.5) is 4.79 Å². The normalized spacial score (nSPS) is 18.3. The third-order valence-corrected chi connectivity index (χ3v) is 4.80. The molecule has 1 aromatic carbocycles. The second-order valence-corrected chi connectivity index (χ2v) is 8.16. The van der Waals surface area contributed by atoms with Gasteiger partial charge in [0.15, 0.2) is 0 Å². The molecule has 7 heteroatoms. The lowest BCUT2D eigenvalue weighted by atomic mass is 10.0. The molecule has 27 heavy (non-hydrogen) atoms. The summed E-state index contributed by atoms with van der Waals surface area (Å²) in [4.78, 5) is 27.4. The Hall–Kier alpha value is -2.05. The Morgan fingerprint density at radius 1 is 1.37 bits per heavy atom. The summed E-state index contributed by atoms with van der Waals surface area (Å²) >= 11 is 6.27. The number of carboxylic acids is 1. The number of hydrogen-bond acceptors (Lipinski definition) is 4. The summed E-state index contributed by atoms with van der Waals surface area (Å²) < 4.78 is 5.37. The molecule has 0 aliphatic carbocycles. The van der Waals surface area contributed by atoms with E-state index in [9.17, 15) is 14.7 Å². The summed E-state index contributed by atoms with van der Waals surface area (Å²) in [6, 6.07) is 2.99. The van der Waals surface area contributed by atoms with E-state index in [1.54, 1.807) is 26.8 Å². The molecular formula is C20H27ClN2O4. The Labute approximate surface area is 165 Å². The maximum atomic E-state index is 12.3. The number of nitrogens with zero attached hydrogens (tertiary/aromatic N) is 2.